The van der Waals surface area contributed by atoms with Gasteiger partial charge < -0.3 is 10.2 Å². The van der Waals surface area contributed by atoms with Crippen molar-refractivity contribution in [3.63, 3.8) is 0 Å². The van der Waals surface area contributed by atoms with E-state index in [1.165, 1.54) is 37.1 Å². The van der Waals surface area contributed by atoms with Crippen molar-refractivity contribution in [3.05, 3.63) is 65.5 Å². The number of hydrogen-bond donors (Lipinski definition) is 1. The fourth-order valence-electron chi connectivity index (χ4n) is 2.89. The molecule has 21 heavy (non-hydrogen) atoms. The molecule has 0 radical (unpaired) electrons. The van der Waals surface area contributed by atoms with Crippen molar-refractivity contribution in [1.29, 1.82) is 0 Å². The molecule has 0 aliphatic carbocycles. The van der Waals surface area contributed by atoms with Gasteiger partial charge in [0.05, 0.1) is 5.69 Å². The van der Waals surface area contributed by atoms with E-state index in [0.29, 0.717) is 0 Å². The Morgan fingerprint density at radius 1 is 0.952 bits per heavy atom. The van der Waals surface area contributed by atoms with Gasteiger partial charge in [-0.2, -0.15) is 0 Å². The van der Waals surface area contributed by atoms with Gasteiger partial charge in [0.1, 0.15) is 0 Å². The van der Waals surface area contributed by atoms with Gasteiger partial charge in [0.2, 0.25) is 0 Å². The van der Waals surface area contributed by atoms with Crippen molar-refractivity contribution < 1.29 is 0 Å². The summed E-state index contributed by atoms with van der Waals surface area (Å²) in [5.74, 6) is 0. The Morgan fingerprint density at radius 3 is 2.33 bits per heavy atom. The average molecular weight is 281 g/mol. The highest BCUT2D eigenvalue weighted by molar-refractivity contribution is 5.28. The summed E-state index contributed by atoms with van der Waals surface area (Å²) in [5.41, 5.74) is 4.17. The normalized spacial score (nSPS) is 15.4. The second-order valence-corrected chi connectivity index (χ2v) is 5.61. The van der Waals surface area contributed by atoms with E-state index in [9.17, 15) is 0 Å². The number of benzene rings is 1. The molecule has 3 nitrogen and oxygen atoms in total. The zero-order chi connectivity index (χ0) is 14.3. The molecule has 0 saturated heterocycles. The van der Waals surface area contributed by atoms with Crippen molar-refractivity contribution in [2.24, 2.45) is 0 Å². The first-order chi connectivity index (χ1) is 10.4. The van der Waals surface area contributed by atoms with Gasteiger partial charge in [-0.15, -0.1) is 0 Å². The number of pyridine rings is 1. The number of fused-ring (bicyclic) bond motifs is 1. The Balaban J connectivity index is 1.41. The van der Waals surface area contributed by atoms with Gasteiger partial charge in [-0.1, -0.05) is 30.3 Å². The molecule has 0 fully saturated rings. The van der Waals surface area contributed by atoms with Crippen LogP contribution in [0.3, 0.4) is 0 Å². The standard InChI is InChI=1S/C18H23N3/c1-2-6-17-9-13-21(12-8-16(17)5-1)14-11-19-15-18-7-3-4-10-20-18/h1-7,10,19H,8-9,11-15H2. The number of nitrogens with one attached hydrogen (secondary N) is 1. The fourth-order valence-corrected chi connectivity index (χ4v) is 2.89. The lowest BCUT2D eigenvalue weighted by atomic mass is 10.0. The molecule has 2 heterocycles. The Labute approximate surface area is 127 Å². The van der Waals surface area contributed by atoms with Crippen LogP contribution in [0.15, 0.2) is 48.7 Å². The monoisotopic (exact) mass is 281 g/mol. The average Bonchev–Trinajstić information content (AvgIpc) is 2.75. The first-order valence-corrected chi connectivity index (χ1v) is 7.81. The Morgan fingerprint density at radius 2 is 1.67 bits per heavy atom. The molecule has 3 heteroatoms. The van der Waals surface area contributed by atoms with Crippen LogP contribution in [0.25, 0.3) is 0 Å². The molecule has 0 spiro atoms. The molecule has 0 bridgehead atoms. The van der Waals surface area contributed by atoms with Crippen LogP contribution in [-0.4, -0.2) is 36.1 Å². The second-order valence-electron chi connectivity index (χ2n) is 5.61. The topological polar surface area (TPSA) is 28.2 Å². The summed E-state index contributed by atoms with van der Waals surface area (Å²) >= 11 is 0. The van der Waals surface area contributed by atoms with Crippen molar-refractivity contribution in [2.75, 3.05) is 26.2 Å². The molecule has 2 aromatic rings. The van der Waals surface area contributed by atoms with Crippen LogP contribution in [0.5, 0.6) is 0 Å². The third-order valence-electron chi connectivity index (χ3n) is 4.15. The van der Waals surface area contributed by atoms with Crippen molar-refractivity contribution in [1.82, 2.24) is 15.2 Å². The molecule has 1 aromatic heterocycles. The maximum atomic E-state index is 4.33. The lowest BCUT2D eigenvalue weighted by Crippen LogP contribution is -2.33. The lowest BCUT2D eigenvalue weighted by molar-refractivity contribution is 0.286. The van der Waals surface area contributed by atoms with E-state index in [0.717, 1.165) is 25.3 Å². The van der Waals surface area contributed by atoms with Gasteiger partial charge in [-0.05, 0) is 36.1 Å². The van der Waals surface area contributed by atoms with Gasteiger partial charge in [0, 0.05) is 38.9 Å². The smallest absolute Gasteiger partial charge is 0.0541 e. The maximum Gasteiger partial charge on any atom is 0.0541 e. The number of rotatable bonds is 5. The molecule has 0 amide bonds. The summed E-state index contributed by atoms with van der Waals surface area (Å²) < 4.78 is 0. The van der Waals surface area contributed by atoms with Crippen molar-refractivity contribution >= 4 is 0 Å². The van der Waals surface area contributed by atoms with Crippen LogP contribution in [0.1, 0.15) is 16.8 Å². The molecular weight excluding hydrogens is 258 g/mol. The van der Waals surface area contributed by atoms with E-state index in [1.807, 2.05) is 18.3 Å². The summed E-state index contributed by atoms with van der Waals surface area (Å²) in [4.78, 5) is 6.89. The number of aromatic nitrogens is 1. The minimum atomic E-state index is 0.856. The van der Waals surface area contributed by atoms with E-state index < -0.39 is 0 Å². The minimum absolute atomic E-state index is 0.856. The van der Waals surface area contributed by atoms with Crippen molar-refractivity contribution in [2.45, 2.75) is 19.4 Å². The van der Waals surface area contributed by atoms with E-state index >= 15 is 0 Å². The summed E-state index contributed by atoms with van der Waals surface area (Å²) in [6.07, 6.45) is 4.20. The van der Waals surface area contributed by atoms with E-state index in [2.05, 4.69) is 45.5 Å². The largest absolute Gasteiger partial charge is 0.310 e. The van der Waals surface area contributed by atoms with Crippen LogP contribution in [0.4, 0.5) is 0 Å². The predicted octanol–water partition coefficient (Wildman–Crippen LogP) is 2.27. The molecule has 110 valence electrons. The van der Waals surface area contributed by atoms with Crippen LogP contribution in [0.2, 0.25) is 0 Å². The molecule has 1 aliphatic heterocycles. The molecular formula is C18H23N3. The Hall–Kier alpha value is -1.71. The van der Waals surface area contributed by atoms with Gasteiger partial charge in [0.25, 0.3) is 0 Å². The lowest BCUT2D eigenvalue weighted by Gasteiger charge is -2.19. The maximum absolute atomic E-state index is 4.33. The first kappa shape index (κ1) is 14.2. The third kappa shape index (κ3) is 4.13. The van der Waals surface area contributed by atoms with Gasteiger partial charge in [-0.3, -0.25) is 4.98 Å². The molecule has 0 saturated carbocycles. The van der Waals surface area contributed by atoms with Crippen LogP contribution < -0.4 is 5.32 Å². The zero-order valence-corrected chi connectivity index (χ0v) is 12.5. The Kier molecular flexibility index (Phi) is 4.98. The summed E-state index contributed by atoms with van der Waals surface area (Å²) in [6.45, 7) is 5.33. The summed E-state index contributed by atoms with van der Waals surface area (Å²) in [5, 5.41) is 3.49. The van der Waals surface area contributed by atoms with Gasteiger partial charge in [-0.25, -0.2) is 0 Å². The van der Waals surface area contributed by atoms with E-state index in [-0.39, 0.29) is 0 Å². The quantitative estimate of drug-likeness (QED) is 0.852. The van der Waals surface area contributed by atoms with E-state index in [1.54, 1.807) is 0 Å². The molecule has 0 atom stereocenters. The number of hydrogen-bond acceptors (Lipinski definition) is 3. The zero-order valence-electron chi connectivity index (χ0n) is 12.5. The van der Waals surface area contributed by atoms with Gasteiger partial charge >= 0.3 is 0 Å². The molecule has 3 rings (SSSR count). The predicted molar refractivity (Wildman–Crippen MR) is 86.2 cm³/mol. The van der Waals surface area contributed by atoms with Crippen LogP contribution in [-0.2, 0) is 19.4 Å². The SMILES string of the molecule is c1ccc(CNCCN2CCc3ccccc3CC2)nc1. The fraction of sp³-hybridized carbons (Fsp3) is 0.389. The summed E-state index contributed by atoms with van der Waals surface area (Å²) in [6, 6.07) is 14.9. The van der Waals surface area contributed by atoms with E-state index in [4.69, 9.17) is 0 Å². The minimum Gasteiger partial charge on any atom is -0.310 e. The summed E-state index contributed by atoms with van der Waals surface area (Å²) in [7, 11) is 0. The Bertz CT molecular complexity index is 526. The first-order valence-electron chi connectivity index (χ1n) is 7.81. The molecule has 1 aliphatic rings. The highest BCUT2D eigenvalue weighted by Gasteiger charge is 2.12. The highest BCUT2D eigenvalue weighted by Crippen LogP contribution is 2.15. The van der Waals surface area contributed by atoms with Crippen LogP contribution in [0, 0.1) is 0 Å². The van der Waals surface area contributed by atoms with Gasteiger partial charge in [0.15, 0.2) is 0 Å². The number of nitrogens with zero attached hydrogens (tertiary/aromatic N) is 2. The molecule has 0 unspecified atom stereocenters. The molecule has 1 N–H and O–H groups in total. The van der Waals surface area contributed by atoms with Crippen molar-refractivity contribution in [3.8, 4) is 0 Å². The van der Waals surface area contributed by atoms with Crippen LogP contribution >= 0.6 is 0 Å². The second kappa shape index (κ2) is 7.34. The highest BCUT2D eigenvalue weighted by atomic mass is 15.1. The molecule has 1 aromatic carbocycles. The third-order valence-corrected chi connectivity index (χ3v) is 4.15.